The van der Waals surface area contributed by atoms with Gasteiger partial charge in [-0.2, -0.15) is 0 Å². The van der Waals surface area contributed by atoms with Crippen molar-refractivity contribution in [2.24, 2.45) is 13.0 Å². The van der Waals surface area contributed by atoms with Gasteiger partial charge in [0.1, 0.15) is 17.6 Å². The summed E-state index contributed by atoms with van der Waals surface area (Å²) in [6, 6.07) is 7.80. The highest BCUT2D eigenvalue weighted by molar-refractivity contribution is 5.89. The highest BCUT2D eigenvalue weighted by Crippen LogP contribution is 2.32. The first kappa shape index (κ1) is 22.0. The van der Waals surface area contributed by atoms with Crippen LogP contribution in [0.15, 0.2) is 36.8 Å². The second kappa shape index (κ2) is 9.60. The number of hydrogen-bond acceptors (Lipinski definition) is 9. The molecule has 1 aliphatic rings. The largest absolute Gasteiger partial charge is 0.495 e. The van der Waals surface area contributed by atoms with E-state index in [9.17, 15) is 0 Å². The highest BCUT2D eigenvalue weighted by Gasteiger charge is 2.16. The van der Waals surface area contributed by atoms with Crippen molar-refractivity contribution in [3.63, 3.8) is 0 Å². The predicted molar refractivity (Wildman–Crippen MR) is 130 cm³/mol. The highest BCUT2D eigenvalue weighted by atomic mass is 16.5. The molecule has 5 rings (SSSR count). The smallest absolute Gasteiger partial charge is 0.227 e. The molecule has 1 saturated heterocycles. The summed E-state index contributed by atoms with van der Waals surface area (Å²) in [5.41, 5.74) is 3.36. The minimum Gasteiger partial charge on any atom is -0.495 e. The maximum Gasteiger partial charge on any atom is 0.227 e. The normalized spacial score (nSPS) is 14.3. The summed E-state index contributed by atoms with van der Waals surface area (Å²) < 4.78 is 13.0. The lowest BCUT2D eigenvalue weighted by Crippen LogP contribution is -2.23. The maximum atomic E-state index is 5.62. The molecular formula is C24H28N8O2. The van der Waals surface area contributed by atoms with Crippen molar-refractivity contribution in [3.05, 3.63) is 42.5 Å². The topological polar surface area (TPSA) is 112 Å². The predicted octanol–water partition coefficient (Wildman–Crippen LogP) is 3.72. The van der Waals surface area contributed by atoms with Crippen LogP contribution in [0.5, 0.6) is 5.75 Å². The average molecular weight is 461 g/mol. The van der Waals surface area contributed by atoms with Crippen LogP contribution < -0.4 is 15.4 Å². The van der Waals surface area contributed by atoms with Gasteiger partial charge in [0.2, 0.25) is 5.95 Å². The van der Waals surface area contributed by atoms with Gasteiger partial charge in [0, 0.05) is 49.6 Å². The van der Waals surface area contributed by atoms with Crippen LogP contribution in [0.3, 0.4) is 0 Å². The zero-order valence-electron chi connectivity index (χ0n) is 19.6. The fourth-order valence-electron chi connectivity index (χ4n) is 4.15. The van der Waals surface area contributed by atoms with Gasteiger partial charge >= 0.3 is 0 Å². The van der Waals surface area contributed by atoms with Crippen molar-refractivity contribution in [2.75, 3.05) is 37.5 Å². The number of nitrogens with one attached hydrogen (secondary N) is 2. The third-order valence-corrected chi connectivity index (χ3v) is 6.01. The molecule has 0 radical (unpaired) electrons. The van der Waals surface area contributed by atoms with Gasteiger partial charge in [-0.1, -0.05) is 0 Å². The molecular weight excluding hydrogens is 432 g/mol. The number of rotatable bonds is 7. The molecule has 4 aromatic rings. The Bertz CT molecular complexity index is 1300. The summed E-state index contributed by atoms with van der Waals surface area (Å²) in [7, 11) is 3.54. The Morgan fingerprint density at radius 2 is 2.03 bits per heavy atom. The van der Waals surface area contributed by atoms with Gasteiger partial charge in [0.15, 0.2) is 11.6 Å². The Hall–Kier alpha value is -3.79. The van der Waals surface area contributed by atoms with E-state index in [4.69, 9.17) is 19.4 Å². The van der Waals surface area contributed by atoms with Gasteiger partial charge in [-0.05, 0) is 49.9 Å². The summed E-state index contributed by atoms with van der Waals surface area (Å²) in [5.74, 6) is 3.23. The number of aromatic nitrogens is 6. The zero-order chi connectivity index (χ0) is 23.5. The number of anilines is 3. The Labute approximate surface area is 197 Å². The summed E-state index contributed by atoms with van der Waals surface area (Å²) >= 11 is 0. The van der Waals surface area contributed by atoms with Gasteiger partial charge in [0.25, 0.3) is 0 Å². The third kappa shape index (κ3) is 4.62. The van der Waals surface area contributed by atoms with E-state index in [2.05, 4.69) is 25.8 Å². The van der Waals surface area contributed by atoms with Crippen LogP contribution in [0, 0.1) is 12.8 Å². The zero-order valence-corrected chi connectivity index (χ0v) is 19.6. The van der Waals surface area contributed by atoms with E-state index < -0.39 is 0 Å². The van der Waals surface area contributed by atoms with Gasteiger partial charge in [-0.25, -0.2) is 15.0 Å². The summed E-state index contributed by atoms with van der Waals surface area (Å²) in [6.07, 6.45) is 5.60. The first-order valence-electron chi connectivity index (χ1n) is 11.4. The minimum atomic E-state index is 0.469. The molecule has 0 aliphatic carbocycles. The van der Waals surface area contributed by atoms with E-state index in [1.165, 1.54) is 0 Å². The lowest BCUT2D eigenvalue weighted by Gasteiger charge is -2.22. The van der Waals surface area contributed by atoms with Crippen LogP contribution in [0.25, 0.3) is 22.3 Å². The van der Waals surface area contributed by atoms with Crippen molar-refractivity contribution in [2.45, 2.75) is 19.8 Å². The maximum absolute atomic E-state index is 5.62. The Morgan fingerprint density at radius 1 is 1.18 bits per heavy atom. The number of hydrogen-bond donors (Lipinski definition) is 2. The summed E-state index contributed by atoms with van der Waals surface area (Å²) in [4.78, 5) is 14.0. The van der Waals surface area contributed by atoms with E-state index >= 15 is 0 Å². The van der Waals surface area contributed by atoms with Crippen molar-refractivity contribution in [3.8, 4) is 17.1 Å². The molecule has 1 aliphatic heterocycles. The molecule has 34 heavy (non-hydrogen) atoms. The number of nitrogens with zero attached hydrogens (tertiary/aromatic N) is 6. The van der Waals surface area contributed by atoms with Crippen LogP contribution >= 0.6 is 0 Å². The van der Waals surface area contributed by atoms with Gasteiger partial charge in [0.05, 0.1) is 12.8 Å². The SMILES string of the molecule is COc1cc(-c2nncn2C)ccc1Nc1ncc2cc(C)nc(NCC3CCOCC3)c2n1. The van der Waals surface area contributed by atoms with Crippen molar-refractivity contribution in [1.29, 1.82) is 0 Å². The van der Waals surface area contributed by atoms with Crippen LogP contribution in [-0.4, -0.2) is 56.6 Å². The summed E-state index contributed by atoms with van der Waals surface area (Å²) in [5, 5.41) is 15.9. The fraction of sp³-hybridized carbons (Fsp3) is 0.375. The average Bonchev–Trinajstić information content (AvgIpc) is 3.29. The Morgan fingerprint density at radius 3 is 2.79 bits per heavy atom. The molecule has 0 bridgehead atoms. The minimum absolute atomic E-state index is 0.469. The van der Waals surface area contributed by atoms with E-state index in [0.29, 0.717) is 17.6 Å². The molecule has 1 aromatic carbocycles. The van der Waals surface area contributed by atoms with Crippen molar-refractivity contribution in [1.82, 2.24) is 29.7 Å². The van der Waals surface area contributed by atoms with Gasteiger partial charge < -0.3 is 24.7 Å². The number of pyridine rings is 1. The lowest BCUT2D eigenvalue weighted by molar-refractivity contribution is 0.0699. The van der Waals surface area contributed by atoms with Crippen LogP contribution in [-0.2, 0) is 11.8 Å². The van der Waals surface area contributed by atoms with Gasteiger partial charge in [-0.15, -0.1) is 10.2 Å². The first-order chi connectivity index (χ1) is 16.6. The molecule has 0 amide bonds. The van der Waals surface area contributed by atoms with Crippen LogP contribution in [0.1, 0.15) is 18.5 Å². The van der Waals surface area contributed by atoms with E-state index in [1.807, 2.05) is 49.0 Å². The fourth-order valence-corrected chi connectivity index (χ4v) is 4.15. The number of ether oxygens (including phenoxy) is 2. The van der Waals surface area contributed by atoms with Crippen LogP contribution in [0.4, 0.5) is 17.5 Å². The number of fused-ring (bicyclic) bond motifs is 1. The standard InChI is InChI=1S/C24H28N8O2/c1-15-10-18-13-26-24(30-21(18)22(28-15)25-12-16-6-8-34-9-7-16)29-19-5-4-17(11-20(19)33-3)23-31-27-14-32(23)2/h4-5,10-11,13-14,16H,6-9,12H2,1-3H3,(H,25,28)(H,26,29,30). The second-order valence-corrected chi connectivity index (χ2v) is 8.49. The molecule has 0 spiro atoms. The quantitative estimate of drug-likeness (QED) is 0.426. The van der Waals surface area contributed by atoms with Gasteiger partial charge in [-0.3, -0.25) is 0 Å². The number of aryl methyl sites for hydroxylation is 2. The molecule has 2 N–H and O–H groups in total. The number of methoxy groups -OCH3 is 1. The molecule has 0 atom stereocenters. The molecule has 10 nitrogen and oxygen atoms in total. The first-order valence-corrected chi connectivity index (χ1v) is 11.4. The van der Waals surface area contributed by atoms with Crippen molar-refractivity contribution < 1.29 is 9.47 Å². The third-order valence-electron chi connectivity index (χ3n) is 6.01. The molecule has 0 unspecified atom stereocenters. The molecule has 3 aromatic heterocycles. The van der Waals surface area contributed by atoms with Crippen molar-refractivity contribution >= 4 is 28.4 Å². The Balaban J connectivity index is 1.41. The van der Waals surface area contributed by atoms with E-state index in [0.717, 1.165) is 72.1 Å². The summed E-state index contributed by atoms with van der Waals surface area (Å²) in [6.45, 7) is 4.47. The van der Waals surface area contributed by atoms with Crippen LogP contribution in [0.2, 0.25) is 0 Å². The van der Waals surface area contributed by atoms with E-state index in [-0.39, 0.29) is 0 Å². The number of benzene rings is 1. The lowest BCUT2D eigenvalue weighted by atomic mass is 10.0. The molecule has 0 saturated carbocycles. The molecule has 4 heterocycles. The molecule has 1 fully saturated rings. The molecule has 10 heteroatoms. The molecule has 176 valence electrons. The van der Waals surface area contributed by atoms with E-state index in [1.54, 1.807) is 13.4 Å². The monoisotopic (exact) mass is 460 g/mol. The second-order valence-electron chi connectivity index (χ2n) is 8.49. The Kier molecular flexibility index (Phi) is 6.22.